The van der Waals surface area contributed by atoms with Gasteiger partial charge < -0.3 is 5.32 Å². The third kappa shape index (κ3) is 3.90. The molecular formula is C18H19FN6O3. The Morgan fingerprint density at radius 1 is 1.21 bits per heavy atom. The van der Waals surface area contributed by atoms with Gasteiger partial charge in [-0.2, -0.15) is 10.2 Å². The lowest BCUT2D eigenvalue weighted by Gasteiger charge is -2.08. The molecule has 0 saturated heterocycles. The van der Waals surface area contributed by atoms with Crippen molar-refractivity contribution in [3.05, 3.63) is 69.0 Å². The molecule has 0 aliphatic carbocycles. The zero-order chi connectivity index (χ0) is 20.4. The van der Waals surface area contributed by atoms with Crippen LogP contribution in [0.2, 0.25) is 0 Å². The molecule has 0 aliphatic rings. The van der Waals surface area contributed by atoms with Crippen molar-refractivity contribution >= 4 is 17.3 Å². The Morgan fingerprint density at radius 3 is 2.57 bits per heavy atom. The zero-order valence-corrected chi connectivity index (χ0v) is 15.6. The first-order valence-corrected chi connectivity index (χ1v) is 8.52. The van der Waals surface area contributed by atoms with E-state index >= 15 is 0 Å². The monoisotopic (exact) mass is 386 g/mol. The molecule has 10 heteroatoms. The number of nitrogens with one attached hydrogen (secondary N) is 1. The average Bonchev–Trinajstić information content (AvgIpc) is 3.11. The molecule has 0 radical (unpaired) electrons. The number of rotatable bonds is 6. The van der Waals surface area contributed by atoms with Gasteiger partial charge in [0.15, 0.2) is 0 Å². The molecule has 3 aromatic rings. The molecule has 0 bridgehead atoms. The maximum atomic E-state index is 13.9. The van der Waals surface area contributed by atoms with E-state index in [9.17, 15) is 19.3 Å². The highest BCUT2D eigenvalue weighted by atomic mass is 19.1. The van der Waals surface area contributed by atoms with Crippen molar-refractivity contribution in [3.8, 4) is 0 Å². The van der Waals surface area contributed by atoms with Gasteiger partial charge >= 0.3 is 5.69 Å². The number of amides is 1. The minimum absolute atomic E-state index is 0.141. The van der Waals surface area contributed by atoms with Crippen molar-refractivity contribution in [2.24, 2.45) is 0 Å². The fraction of sp³-hybridized carbons (Fsp3) is 0.278. The van der Waals surface area contributed by atoms with Crippen molar-refractivity contribution in [2.45, 2.75) is 33.9 Å². The number of hydrogen-bond donors (Lipinski definition) is 1. The molecule has 28 heavy (non-hydrogen) atoms. The lowest BCUT2D eigenvalue weighted by Crippen LogP contribution is -2.20. The molecule has 2 aromatic heterocycles. The number of anilines is 1. The molecule has 0 atom stereocenters. The Morgan fingerprint density at radius 2 is 1.93 bits per heavy atom. The molecule has 1 aromatic carbocycles. The molecule has 0 saturated carbocycles. The van der Waals surface area contributed by atoms with E-state index in [0.717, 1.165) is 0 Å². The summed E-state index contributed by atoms with van der Waals surface area (Å²) in [5.41, 5.74) is 2.38. The number of benzene rings is 1. The molecule has 0 fully saturated rings. The maximum Gasteiger partial charge on any atom is 0.309 e. The van der Waals surface area contributed by atoms with Crippen molar-refractivity contribution in [3.63, 3.8) is 0 Å². The predicted molar refractivity (Wildman–Crippen MR) is 99.5 cm³/mol. The highest BCUT2D eigenvalue weighted by Crippen LogP contribution is 2.21. The van der Waals surface area contributed by atoms with Crippen LogP contribution in [0.25, 0.3) is 0 Å². The smallest absolute Gasteiger partial charge is 0.309 e. The summed E-state index contributed by atoms with van der Waals surface area (Å²) < 4.78 is 16.7. The number of aryl methyl sites for hydroxylation is 2. The van der Waals surface area contributed by atoms with Gasteiger partial charge in [0.2, 0.25) is 5.91 Å². The Bertz CT molecular complexity index is 1060. The summed E-state index contributed by atoms with van der Waals surface area (Å²) in [5.74, 6) is -0.717. The molecule has 1 amide bonds. The summed E-state index contributed by atoms with van der Waals surface area (Å²) in [7, 11) is 0. The summed E-state index contributed by atoms with van der Waals surface area (Å²) in [4.78, 5) is 22.7. The van der Waals surface area contributed by atoms with Crippen LogP contribution in [0.1, 0.15) is 22.6 Å². The second-order valence-corrected chi connectivity index (χ2v) is 6.40. The van der Waals surface area contributed by atoms with Crippen LogP contribution < -0.4 is 5.32 Å². The average molecular weight is 386 g/mol. The van der Waals surface area contributed by atoms with Crippen LogP contribution >= 0.6 is 0 Å². The first-order valence-electron chi connectivity index (χ1n) is 8.52. The lowest BCUT2D eigenvalue weighted by molar-refractivity contribution is -0.385. The topological polar surface area (TPSA) is 108 Å². The summed E-state index contributed by atoms with van der Waals surface area (Å²) in [6, 6.07) is 6.43. The van der Waals surface area contributed by atoms with Gasteiger partial charge in [-0.15, -0.1) is 0 Å². The van der Waals surface area contributed by atoms with Crippen molar-refractivity contribution in [2.75, 3.05) is 5.32 Å². The third-order valence-corrected chi connectivity index (χ3v) is 4.35. The number of hydrogen-bond acceptors (Lipinski definition) is 5. The number of nitrogens with zero attached hydrogens (tertiary/aromatic N) is 5. The van der Waals surface area contributed by atoms with Gasteiger partial charge in [0.05, 0.1) is 28.5 Å². The highest BCUT2D eigenvalue weighted by Gasteiger charge is 2.19. The molecule has 0 spiro atoms. The number of carbonyl (C=O) groups is 1. The fourth-order valence-electron chi connectivity index (χ4n) is 2.91. The Labute approximate surface area is 159 Å². The second kappa shape index (κ2) is 7.59. The molecule has 2 heterocycles. The summed E-state index contributed by atoms with van der Waals surface area (Å²) in [5, 5.41) is 22.0. The minimum Gasteiger partial charge on any atom is -0.321 e. The van der Waals surface area contributed by atoms with E-state index in [1.807, 2.05) is 0 Å². The Kier molecular flexibility index (Phi) is 5.21. The van der Waals surface area contributed by atoms with Gasteiger partial charge in [-0.1, -0.05) is 18.2 Å². The SMILES string of the molecule is Cc1nn(CC(=O)Nc2c(C)nn(Cc3ccccc3F)c2C)cc1[N+](=O)[O-]. The summed E-state index contributed by atoms with van der Waals surface area (Å²) in [6.07, 6.45) is 1.22. The van der Waals surface area contributed by atoms with Gasteiger partial charge in [0.25, 0.3) is 0 Å². The standard InChI is InChI=1S/C18H19FN6O3/c1-11-16(25(27)28)9-23(21-11)10-17(26)20-18-12(2)22-24(13(18)3)8-14-6-4-5-7-15(14)19/h4-7,9H,8,10H2,1-3H3,(H,20,26). The molecule has 1 N–H and O–H groups in total. The van der Waals surface area contributed by atoms with Crippen LogP contribution in [-0.2, 0) is 17.9 Å². The largest absolute Gasteiger partial charge is 0.321 e. The summed E-state index contributed by atoms with van der Waals surface area (Å²) in [6.45, 7) is 5.09. The number of carbonyl (C=O) groups excluding carboxylic acids is 1. The van der Waals surface area contributed by atoms with Gasteiger partial charge in [0, 0.05) is 5.56 Å². The zero-order valence-electron chi connectivity index (χ0n) is 15.6. The minimum atomic E-state index is -0.544. The Hall–Kier alpha value is -3.56. The quantitative estimate of drug-likeness (QED) is 0.518. The second-order valence-electron chi connectivity index (χ2n) is 6.40. The van der Waals surface area contributed by atoms with Gasteiger partial charge in [-0.25, -0.2) is 4.39 Å². The van der Waals surface area contributed by atoms with Crippen LogP contribution in [0.15, 0.2) is 30.5 Å². The van der Waals surface area contributed by atoms with Crippen LogP contribution in [0.3, 0.4) is 0 Å². The van der Waals surface area contributed by atoms with Gasteiger partial charge in [-0.3, -0.25) is 24.3 Å². The van der Waals surface area contributed by atoms with Crippen molar-refractivity contribution < 1.29 is 14.1 Å². The molecule has 0 unspecified atom stereocenters. The van der Waals surface area contributed by atoms with E-state index < -0.39 is 10.8 Å². The van der Waals surface area contributed by atoms with E-state index in [0.29, 0.717) is 22.6 Å². The van der Waals surface area contributed by atoms with Crippen LogP contribution in [0, 0.1) is 36.7 Å². The fourth-order valence-corrected chi connectivity index (χ4v) is 2.91. The van der Waals surface area contributed by atoms with Crippen LogP contribution in [0.4, 0.5) is 15.8 Å². The summed E-state index contributed by atoms with van der Waals surface area (Å²) >= 11 is 0. The van der Waals surface area contributed by atoms with Gasteiger partial charge in [-0.05, 0) is 26.8 Å². The highest BCUT2D eigenvalue weighted by molar-refractivity contribution is 5.91. The van der Waals surface area contributed by atoms with E-state index in [-0.39, 0.29) is 30.3 Å². The maximum absolute atomic E-state index is 13.9. The molecule has 9 nitrogen and oxygen atoms in total. The van der Waals surface area contributed by atoms with E-state index in [1.165, 1.54) is 23.9 Å². The number of nitro groups is 1. The molecule has 146 valence electrons. The molecule has 3 rings (SSSR count). The van der Waals surface area contributed by atoms with Crippen LogP contribution in [-0.4, -0.2) is 30.4 Å². The Balaban J connectivity index is 1.75. The number of aromatic nitrogens is 4. The van der Waals surface area contributed by atoms with Crippen molar-refractivity contribution in [1.29, 1.82) is 0 Å². The van der Waals surface area contributed by atoms with E-state index in [4.69, 9.17) is 0 Å². The third-order valence-electron chi connectivity index (χ3n) is 4.35. The molecule has 0 aliphatic heterocycles. The first kappa shape index (κ1) is 19.2. The lowest BCUT2D eigenvalue weighted by atomic mass is 10.2. The number of halogens is 1. The van der Waals surface area contributed by atoms with Crippen LogP contribution in [0.5, 0.6) is 0 Å². The molecular weight excluding hydrogens is 367 g/mol. The first-order chi connectivity index (χ1) is 13.3. The van der Waals surface area contributed by atoms with E-state index in [1.54, 1.807) is 36.7 Å². The predicted octanol–water partition coefficient (Wildman–Crippen LogP) is 2.74. The normalized spacial score (nSPS) is 10.9. The van der Waals surface area contributed by atoms with Gasteiger partial charge in [0.1, 0.15) is 24.3 Å². The van der Waals surface area contributed by atoms with Crippen molar-refractivity contribution in [1.82, 2.24) is 19.6 Å². The van der Waals surface area contributed by atoms with E-state index in [2.05, 4.69) is 15.5 Å².